The zero-order chi connectivity index (χ0) is 11.5. The lowest BCUT2D eigenvalue weighted by Gasteiger charge is -2.17. The van der Waals surface area contributed by atoms with Gasteiger partial charge in [-0.05, 0) is 12.0 Å². The van der Waals surface area contributed by atoms with E-state index < -0.39 is 6.09 Å². The molecule has 16 heavy (non-hydrogen) atoms. The number of carbonyl (C=O) groups is 2. The minimum atomic E-state index is -0.534. The van der Waals surface area contributed by atoms with Crippen molar-refractivity contribution in [2.45, 2.75) is 12.5 Å². The van der Waals surface area contributed by atoms with Gasteiger partial charge < -0.3 is 4.74 Å². The minimum absolute atomic E-state index is 0.174. The summed E-state index contributed by atoms with van der Waals surface area (Å²) < 4.78 is 4.88. The Balaban J connectivity index is 2.10. The van der Waals surface area contributed by atoms with E-state index in [1.54, 1.807) is 0 Å². The number of carbonyl (C=O) groups excluding carboxylic acids is 2. The van der Waals surface area contributed by atoms with E-state index in [4.69, 9.17) is 4.74 Å². The van der Waals surface area contributed by atoms with E-state index in [-0.39, 0.29) is 18.5 Å². The highest BCUT2D eigenvalue weighted by molar-refractivity contribution is 6.58. The van der Waals surface area contributed by atoms with Crippen LogP contribution in [0.15, 0.2) is 30.3 Å². The topological polar surface area (TPSA) is 46.6 Å². The molecule has 0 aliphatic carbocycles. The Morgan fingerprint density at radius 1 is 1.44 bits per heavy atom. The third-order valence-electron chi connectivity index (χ3n) is 2.61. The lowest BCUT2D eigenvalue weighted by molar-refractivity contribution is 0.163. The first-order valence-corrected chi connectivity index (χ1v) is 5.19. The van der Waals surface area contributed by atoms with Crippen LogP contribution in [0.1, 0.15) is 5.56 Å². The molecule has 0 bridgehead atoms. The van der Waals surface area contributed by atoms with Crippen LogP contribution >= 0.6 is 0 Å². The number of nitrogens with zero attached hydrogens (tertiary/aromatic N) is 1. The van der Waals surface area contributed by atoms with Crippen molar-refractivity contribution in [2.24, 2.45) is 0 Å². The molecule has 82 valence electrons. The summed E-state index contributed by atoms with van der Waals surface area (Å²) in [6, 6.07) is 9.58. The molecule has 0 unspecified atom stereocenters. The molecule has 0 aromatic heterocycles. The van der Waals surface area contributed by atoms with E-state index in [0.29, 0.717) is 6.42 Å². The maximum absolute atomic E-state index is 11.3. The fraction of sp³-hybridized carbons (Fsp3) is 0.273. The van der Waals surface area contributed by atoms with E-state index in [9.17, 15) is 9.59 Å². The molecule has 5 heteroatoms. The zero-order valence-corrected chi connectivity index (χ0v) is 9.05. The summed E-state index contributed by atoms with van der Waals surface area (Å²) in [4.78, 5) is 23.8. The molecule has 1 heterocycles. The summed E-state index contributed by atoms with van der Waals surface area (Å²) in [5, 5.41) is 0. The van der Waals surface area contributed by atoms with E-state index in [1.165, 1.54) is 12.7 Å². The SMILES string of the molecule is BC(=O)N1C(=O)OC[C@@H]1Cc1ccccc1. The van der Waals surface area contributed by atoms with Crippen LogP contribution in [0.3, 0.4) is 0 Å². The van der Waals surface area contributed by atoms with E-state index in [1.807, 2.05) is 30.3 Å². The van der Waals surface area contributed by atoms with Crippen molar-refractivity contribution in [1.29, 1.82) is 0 Å². The number of hydrogen-bond acceptors (Lipinski definition) is 3. The van der Waals surface area contributed by atoms with Crippen LogP contribution in [0.2, 0.25) is 0 Å². The highest BCUT2D eigenvalue weighted by Gasteiger charge is 2.35. The van der Waals surface area contributed by atoms with Gasteiger partial charge in [-0.15, -0.1) is 0 Å². The number of hydrogen-bond donors (Lipinski definition) is 0. The maximum atomic E-state index is 11.3. The minimum Gasteiger partial charge on any atom is -0.447 e. The van der Waals surface area contributed by atoms with Crippen LogP contribution < -0.4 is 0 Å². The largest absolute Gasteiger partial charge is 0.447 e. The lowest BCUT2D eigenvalue weighted by atomic mass is 10.0. The molecule has 1 aliphatic heterocycles. The van der Waals surface area contributed by atoms with E-state index >= 15 is 0 Å². The molecule has 0 radical (unpaired) electrons. The van der Waals surface area contributed by atoms with Crippen molar-refractivity contribution in [3.05, 3.63) is 35.9 Å². The summed E-state index contributed by atoms with van der Waals surface area (Å²) in [6.07, 6.45) is 0.111. The predicted molar refractivity (Wildman–Crippen MR) is 61.1 cm³/mol. The smallest absolute Gasteiger partial charge is 0.416 e. The molecule has 1 saturated heterocycles. The van der Waals surface area contributed by atoms with Crippen molar-refractivity contribution in [2.75, 3.05) is 6.61 Å². The average Bonchev–Trinajstić information content (AvgIpc) is 2.61. The number of amides is 2. The number of rotatable bonds is 2. The Labute approximate surface area is 94.6 Å². The second-order valence-electron chi connectivity index (χ2n) is 3.81. The van der Waals surface area contributed by atoms with Gasteiger partial charge in [-0.1, -0.05) is 30.3 Å². The van der Waals surface area contributed by atoms with Gasteiger partial charge in [-0.2, -0.15) is 0 Å². The molecule has 2 amide bonds. The molecule has 1 atom stereocenters. The third kappa shape index (κ3) is 2.08. The Kier molecular flexibility index (Phi) is 2.94. The third-order valence-corrected chi connectivity index (χ3v) is 2.61. The van der Waals surface area contributed by atoms with Gasteiger partial charge in [0.05, 0.1) is 6.04 Å². The summed E-state index contributed by atoms with van der Waals surface area (Å²) >= 11 is 0. The summed E-state index contributed by atoms with van der Waals surface area (Å²) in [7, 11) is 1.38. The highest BCUT2D eigenvalue weighted by Crippen LogP contribution is 2.16. The normalized spacial score (nSPS) is 19.6. The molecule has 1 aromatic carbocycles. The van der Waals surface area contributed by atoms with Gasteiger partial charge in [0.15, 0.2) is 5.81 Å². The predicted octanol–water partition coefficient (Wildman–Crippen LogP) is 0.803. The van der Waals surface area contributed by atoms with Gasteiger partial charge in [-0.25, -0.2) is 9.69 Å². The van der Waals surface area contributed by atoms with Gasteiger partial charge in [0, 0.05) is 0 Å². The number of benzene rings is 1. The van der Waals surface area contributed by atoms with Gasteiger partial charge in [0.1, 0.15) is 6.61 Å². The Morgan fingerprint density at radius 3 is 2.75 bits per heavy atom. The number of imide groups is 1. The van der Waals surface area contributed by atoms with Crippen molar-refractivity contribution in [3.8, 4) is 0 Å². The van der Waals surface area contributed by atoms with E-state index in [0.717, 1.165) is 5.56 Å². The molecule has 0 spiro atoms. The Morgan fingerprint density at radius 2 is 2.12 bits per heavy atom. The maximum Gasteiger partial charge on any atom is 0.416 e. The molecule has 2 rings (SSSR count). The molecular formula is C11H12BNO3. The van der Waals surface area contributed by atoms with Crippen molar-refractivity contribution in [1.82, 2.24) is 4.90 Å². The van der Waals surface area contributed by atoms with Crippen LogP contribution in [0.25, 0.3) is 0 Å². The Hall–Kier alpha value is -1.78. The average molecular weight is 217 g/mol. The first-order valence-electron chi connectivity index (χ1n) is 5.19. The summed E-state index contributed by atoms with van der Waals surface area (Å²) in [5.74, 6) is -0.261. The first-order chi connectivity index (χ1) is 7.68. The van der Waals surface area contributed by atoms with Crippen LogP contribution in [-0.2, 0) is 11.2 Å². The Bertz CT molecular complexity index is 407. The number of cyclic esters (lactones) is 1. The quantitative estimate of drug-likeness (QED) is 0.688. The first kappa shape index (κ1) is 10.7. The summed E-state index contributed by atoms with van der Waals surface area (Å²) in [6.45, 7) is 0.285. The van der Waals surface area contributed by atoms with Crippen molar-refractivity contribution < 1.29 is 14.3 Å². The molecule has 4 nitrogen and oxygen atoms in total. The van der Waals surface area contributed by atoms with Crippen LogP contribution in [0.5, 0.6) is 0 Å². The van der Waals surface area contributed by atoms with Crippen LogP contribution in [-0.4, -0.2) is 37.3 Å². The standard InChI is InChI=1S/C11H12BNO3/c12-10(14)13-9(7-16-11(13)15)6-8-4-2-1-3-5-8/h1-5,9H,6-7,12H2/t9-/m0/s1. The van der Waals surface area contributed by atoms with Crippen molar-refractivity contribution in [3.63, 3.8) is 0 Å². The highest BCUT2D eigenvalue weighted by atomic mass is 16.6. The summed E-state index contributed by atoms with van der Waals surface area (Å²) in [5.41, 5.74) is 1.09. The van der Waals surface area contributed by atoms with Crippen LogP contribution in [0, 0.1) is 0 Å². The monoisotopic (exact) mass is 217 g/mol. The molecule has 1 aliphatic rings. The van der Waals surface area contributed by atoms with Crippen molar-refractivity contribution >= 4 is 19.7 Å². The molecular weight excluding hydrogens is 205 g/mol. The second-order valence-corrected chi connectivity index (χ2v) is 3.81. The fourth-order valence-electron chi connectivity index (χ4n) is 1.88. The molecule has 1 aromatic rings. The van der Waals surface area contributed by atoms with Crippen LogP contribution in [0.4, 0.5) is 9.59 Å². The van der Waals surface area contributed by atoms with Gasteiger partial charge >= 0.3 is 6.09 Å². The second kappa shape index (κ2) is 4.39. The zero-order valence-electron chi connectivity index (χ0n) is 9.05. The molecule has 1 fully saturated rings. The fourth-order valence-corrected chi connectivity index (χ4v) is 1.88. The van der Waals surface area contributed by atoms with Gasteiger partial charge in [0.2, 0.25) is 7.85 Å². The number of ether oxygens (including phenoxy) is 1. The van der Waals surface area contributed by atoms with Gasteiger partial charge in [-0.3, -0.25) is 4.79 Å². The lowest BCUT2D eigenvalue weighted by Crippen LogP contribution is -2.39. The van der Waals surface area contributed by atoms with E-state index in [2.05, 4.69) is 0 Å². The molecule has 0 N–H and O–H groups in total. The van der Waals surface area contributed by atoms with Gasteiger partial charge in [0.25, 0.3) is 0 Å². The molecule has 0 saturated carbocycles.